The molecule has 2 heterocycles. The van der Waals surface area contributed by atoms with Crippen molar-refractivity contribution in [2.45, 2.75) is 13.0 Å². The maximum absolute atomic E-state index is 11.8. The largest absolute Gasteiger partial charge is 0.349 e. The molecule has 1 fully saturated rings. The van der Waals surface area contributed by atoms with Crippen LogP contribution in [0.25, 0.3) is 0 Å². The van der Waals surface area contributed by atoms with E-state index >= 15 is 0 Å². The van der Waals surface area contributed by atoms with Gasteiger partial charge in [-0.3, -0.25) is 14.7 Å². The van der Waals surface area contributed by atoms with Gasteiger partial charge in [-0.15, -0.1) is 0 Å². The van der Waals surface area contributed by atoms with E-state index in [1.165, 1.54) is 0 Å². The van der Waals surface area contributed by atoms with Gasteiger partial charge in [0.25, 0.3) is 0 Å². The van der Waals surface area contributed by atoms with E-state index in [4.69, 9.17) is 0 Å². The van der Waals surface area contributed by atoms with Gasteiger partial charge in [-0.05, 0) is 25.1 Å². The quantitative estimate of drug-likeness (QED) is 0.781. The number of aromatic nitrogens is 1. The Morgan fingerprint density at radius 2 is 2.35 bits per heavy atom. The average molecular weight is 233 g/mol. The van der Waals surface area contributed by atoms with Crippen molar-refractivity contribution in [2.75, 3.05) is 27.2 Å². The molecule has 0 aliphatic carbocycles. The molecule has 0 N–H and O–H groups in total. The highest BCUT2D eigenvalue weighted by Crippen LogP contribution is 2.19. The molecule has 0 aromatic carbocycles. The summed E-state index contributed by atoms with van der Waals surface area (Å²) in [4.78, 5) is 20.1. The van der Waals surface area contributed by atoms with Crippen LogP contribution in [0.4, 0.5) is 0 Å². The first-order valence-electron chi connectivity index (χ1n) is 6.00. The summed E-state index contributed by atoms with van der Waals surface area (Å²) in [5.74, 6) is 0.405. The zero-order valence-corrected chi connectivity index (χ0v) is 10.5. The van der Waals surface area contributed by atoms with E-state index in [0.717, 1.165) is 31.7 Å². The highest BCUT2D eigenvalue weighted by atomic mass is 16.2. The molecule has 1 aliphatic rings. The first-order chi connectivity index (χ1) is 8.16. The van der Waals surface area contributed by atoms with Crippen LogP contribution in [-0.2, 0) is 11.3 Å². The maximum Gasteiger partial charge on any atom is 0.226 e. The number of likely N-dealkylation sites (tertiary alicyclic amines) is 1. The number of carbonyl (C=O) groups is 1. The minimum atomic E-state index is 0.161. The molecule has 1 aliphatic heterocycles. The topological polar surface area (TPSA) is 36.4 Å². The van der Waals surface area contributed by atoms with Crippen molar-refractivity contribution in [3.8, 4) is 0 Å². The Bertz CT molecular complexity index is 378. The molecule has 17 heavy (non-hydrogen) atoms. The fourth-order valence-electron chi connectivity index (χ4n) is 2.26. The highest BCUT2D eigenvalue weighted by molar-refractivity contribution is 5.78. The van der Waals surface area contributed by atoms with Crippen LogP contribution < -0.4 is 0 Å². The van der Waals surface area contributed by atoms with Gasteiger partial charge in [-0.1, -0.05) is 6.07 Å². The smallest absolute Gasteiger partial charge is 0.226 e. The van der Waals surface area contributed by atoms with E-state index in [1.54, 1.807) is 4.90 Å². The van der Waals surface area contributed by atoms with Gasteiger partial charge in [0.05, 0.1) is 11.6 Å². The van der Waals surface area contributed by atoms with E-state index < -0.39 is 0 Å². The van der Waals surface area contributed by atoms with Gasteiger partial charge in [0.15, 0.2) is 0 Å². The van der Waals surface area contributed by atoms with Crippen LogP contribution >= 0.6 is 0 Å². The third-order valence-corrected chi connectivity index (χ3v) is 3.17. The first-order valence-corrected chi connectivity index (χ1v) is 6.00. The maximum atomic E-state index is 11.8. The second-order valence-corrected chi connectivity index (χ2v) is 4.77. The molecule has 0 radical (unpaired) electrons. The van der Waals surface area contributed by atoms with Crippen molar-refractivity contribution in [1.29, 1.82) is 0 Å². The lowest BCUT2D eigenvalue weighted by molar-refractivity contribution is -0.132. The third-order valence-electron chi connectivity index (χ3n) is 3.17. The third kappa shape index (κ3) is 3.03. The molecule has 1 saturated heterocycles. The number of nitrogens with zero attached hydrogens (tertiary/aromatic N) is 3. The van der Waals surface area contributed by atoms with Gasteiger partial charge in [-0.2, -0.15) is 0 Å². The number of hydrogen-bond acceptors (Lipinski definition) is 3. The Morgan fingerprint density at radius 3 is 3.00 bits per heavy atom. The Hall–Kier alpha value is -1.42. The lowest BCUT2D eigenvalue weighted by atomic mass is 10.1. The van der Waals surface area contributed by atoms with E-state index in [1.807, 2.05) is 38.5 Å². The van der Waals surface area contributed by atoms with Gasteiger partial charge >= 0.3 is 0 Å². The molecular weight excluding hydrogens is 214 g/mol. The summed E-state index contributed by atoms with van der Waals surface area (Å²) in [6, 6.07) is 5.95. The predicted molar refractivity (Wildman–Crippen MR) is 66.3 cm³/mol. The van der Waals surface area contributed by atoms with Gasteiger partial charge in [0.2, 0.25) is 5.91 Å². The summed E-state index contributed by atoms with van der Waals surface area (Å²) in [7, 11) is 3.65. The lowest BCUT2D eigenvalue weighted by Gasteiger charge is -2.17. The zero-order valence-electron chi connectivity index (χ0n) is 10.5. The van der Waals surface area contributed by atoms with Crippen molar-refractivity contribution >= 4 is 5.91 Å². The van der Waals surface area contributed by atoms with Crippen LogP contribution in [0, 0.1) is 5.92 Å². The van der Waals surface area contributed by atoms with E-state index in [-0.39, 0.29) is 11.8 Å². The number of pyridine rings is 1. The number of amides is 1. The van der Waals surface area contributed by atoms with Crippen molar-refractivity contribution in [2.24, 2.45) is 5.92 Å². The number of rotatable bonds is 3. The SMILES string of the molecule is CN(C)C(=O)C1CCN(Cc2ccccn2)C1. The van der Waals surface area contributed by atoms with Gasteiger partial charge in [0.1, 0.15) is 0 Å². The van der Waals surface area contributed by atoms with Crippen LogP contribution in [0.2, 0.25) is 0 Å². The summed E-state index contributed by atoms with van der Waals surface area (Å²) >= 11 is 0. The summed E-state index contributed by atoms with van der Waals surface area (Å²) in [5.41, 5.74) is 1.07. The second-order valence-electron chi connectivity index (χ2n) is 4.77. The summed E-state index contributed by atoms with van der Waals surface area (Å²) in [6.07, 6.45) is 2.78. The summed E-state index contributed by atoms with van der Waals surface area (Å²) in [5, 5.41) is 0. The Kier molecular flexibility index (Phi) is 3.74. The van der Waals surface area contributed by atoms with Crippen LogP contribution in [-0.4, -0.2) is 47.9 Å². The van der Waals surface area contributed by atoms with Crippen molar-refractivity contribution in [3.63, 3.8) is 0 Å². The number of carbonyl (C=O) groups excluding carboxylic acids is 1. The molecule has 4 heteroatoms. The lowest BCUT2D eigenvalue weighted by Crippen LogP contribution is -2.31. The molecular formula is C13H19N3O. The molecule has 4 nitrogen and oxygen atoms in total. The molecule has 1 unspecified atom stereocenters. The first kappa shape index (κ1) is 12.0. The zero-order chi connectivity index (χ0) is 12.3. The van der Waals surface area contributed by atoms with E-state index in [9.17, 15) is 4.79 Å². The van der Waals surface area contributed by atoms with Gasteiger partial charge < -0.3 is 4.90 Å². The minimum absolute atomic E-state index is 0.161. The molecule has 0 spiro atoms. The second kappa shape index (κ2) is 5.27. The Balaban J connectivity index is 1.88. The molecule has 2 rings (SSSR count). The van der Waals surface area contributed by atoms with Crippen LogP contribution in [0.1, 0.15) is 12.1 Å². The van der Waals surface area contributed by atoms with Crippen LogP contribution in [0.15, 0.2) is 24.4 Å². The van der Waals surface area contributed by atoms with E-state index in [0.29, 0.717) is 0 Å². The fraction of sp³-hybridized carbons (Fsp3) is 0.538. The normalized spacial score (nSPS) is 20.5. The minimum Gasteiger partial charge on any atom is -0.349 e. The monoisotopic (exact) mass is 233 g/mol. The molecule has 1 aromatic rings. The van der Waals surface area contributed by atoms with Gasteiger partial charge in [-0.25, -0.2) is 0 Å². The standard InChI is InChI=1S/C13H19N3O/c1-15(2)13(17)11-6-8-16(9-11)10-12-5-3-4-7-14-12/h3-5,7,11H,6,8-10H2,1-2H3. The van der Waals surface area contributed by atoms with Crippen LogP contribution in [0.5, 0.6) is 0 Å². The number of hydrogen-bond donors (Lipinski definition) is 0. The van der Waals surface area contributed by atoms with Crippen molar-refractivity contribution in [3.05, 3.63) is 30.1 Å². The van der Waals surface area contributed by atoms with Gasteiger partial charge in [0, 0.05) is 33.4 Å². The predicted octanol–water partition coefficient (Wildman–Crippen LogP) is 0.992. The molecule has 1 atom stereocenters. The van der Waals surface area contributed by atoms with Crippen molar-refractivity contribution < 1.29 is 4.79 Å². The fourth-order valence-corrected chi connectivity index (χ4v) is 2.26. The average Bonchev–Trinajstić information content (AvgIpc) is 2.77. The molecule has 1 aromatic heterocycles. The van der Waals surface area contributed by atoms with Crippen LogP contribution in [0.3, 0.4) is 0 Å². The summed E-state index contributed by atoms with van der Waals surface area (Å²) in [6.45, 7) is 2.69. The molecule has 1 amide bonds. The highest BCUT2D eigenvalue weighted by Gasteiger charge is 2.29. The Labute approximate surface area is 102 Å². The van der Waals surface area contributed by atoms with E-state index in [2.05, 4.69) is 9.88 Å². The molecule has 0 saturated carbocycles. The molecule has 0 bridgehead atoms. The molecule has 92 valence electrons. The Morgan fingerprint density at radius 1 is 1.53 bits per heavy atom. The van der Waals surface area contributed by atoms with Crippen molar-refractivity contribution in [1.82, 2.24) is 14.8 Å². The summed E-state index contributed by atoms with van der Waals surface area (Å²) < 4.78 is 0.